The third-order valence-electron chi connectivity index (χ3n) is 3.94. The van der Waals surface area contributed by atoms with Crippen LogP contribution >= 0.6 is 23.4 Å². The van der Waals surface area contributed by atoms with Crippen molar-refractivity contribution in [1.29, 1.82) is 0 Å². The van der Waals surface area contributed by atoms with Gasteiger partial charge in [0.2, 0.25) is 0 Å². The lowest BCUT2D eigenvalue weighted by atomic mass is 10.3. The van der Waals surface area contributed by atoms with E-state index in [1.807, 2.05) is 23.7 Å². The summed E-state index contributed by atoms with van der Waals surface area (Å²) >= 11 is 7.66. The molecule has 0 saturated heterocycles. The summed E-state index contributed by atoms with van der Waals surface area (Å²) in [6.07, 6.45) is 5.74. The van der Waals surface area contributed by atoms with Crippen molar-refractivity contribution in [2.75, 3.05) is 0 Å². The molecule has 0 unspecified atom stereocenters. The van der Waals surface area contributed by atoms with E-state index in [1.165, 1.54) is 12.8 Å². The Labute approximate surface area is 142 Å². The highest BCUT2D eigenvalue weighted by Gasteiger charge is 2.30. The summed E-state index contributed by atoms with van der Waals surface area (Å²) in [5.74, 6) is 4.12. The summed E-state index contributed by atoms with van der Waals surface area (Å²) in [6.45, 7) is 0.662. The summed E-state index contributed by atoms with van der Waals surface area (Å²) in [5.41, 5.74) is 0. The van der Waals surface area contributed by atoms with Gasteiger partial charge in [0.15, 0.2) is 5.16 Å². The molecule has 1 aliphatic carbocycles. The van der Waals surface area contributed by atoms with Crippen LogP contribution in [0.5, 0.6) is 0 Å². The molecule has 0 atom stereocenters. The van der Waals surface area contributed by atoms with Gasteiger partial charge in [-0.1, -0.05) is 23.4 Å². The van der Waals surface area contributed by atoms with E-state index in [2.05, 4.69) is 19.7 Å². The first-order chi connectivity index (χ1) is 11.2. The second-order valence-electron chi connectivity index (χ2n) is 5.63. The fourth-order valence-electron chi connectivity index (χ4n) is 2.44. The fourth-order valence-corrected chi connectivity index (χ4v) is 3.53. The minimum atomic E-state index is 0.536. The lowest BCUT2D eigenvalue weighted by Gasteiger charge is -2.08. The average Bonchev–Trinajstić information content (AvgIpc) is 2.97. The standard InChI is InChI=1S/C15H16ClN5OS/c1-20-12(16)7-17-13(20)9-23-15-19-18-14(10-4-5-10)21(15)8-11-3-2-6-22-11/h2-3,6-7,10H,4-5,8-9H2,1H3. The third kappa shape index (κ3) is 3.03. The zero-order valence-electron chi connectivity index (χ0n) is 12.6. The molecule has 0 spiro atoms. The van der Waals surface area contributed by atoms with Gasteiger partial charge >= 0.3 is 0 Å². The van der Waals surface area contributed by atoms with Crippen molar-refractivity contribution < 1.29 is 4.42 Å². The molecule has 3 heterocycles. The van der Waals surface area contributed by atoms with Gasteiger partial charge in [0.25, 0.3) is 0 Å². The SMILES string of the molecule is Cn1c(Cl)cnc1CSc1nnc(C2CC2)n1Cc1ccco1. The Balaban J connectivity index is 1.56. The number of aromatic nitrogens is 5. The maximum atomic E-state index is 6.04. The monoisotopic (exact) mass is 349 g/mol. The molecule has 4 rings (SSSR count). The van der Waals surface area contributed by atoms with Crippen LogP contribution in [-0.4, -0.2) is 24.3 Å². The largest absolute Gasteiger partial charge is 0.467 e. The van der Waals surface area contributed by atoms with Crippen molar-refractivity contribution in [3.8, 4) is 0 Å². The van der Waals surface area contributed by atoms with Crippen LogP contribution in [0.25, 0.3) is 0 Å². The first-order valence-corrected chi connectivity index (χ1v) is 8.83. The van der Waals surface area contributed by atoms with Gasteiger partial charge in [-0.05, 0) is 25.0 Å². The predicted octanol–water partition coefficient (Wildman–Crippen LogP) is 3.48. The molecule has 0 N–H and O–H groups in total. The van der Waals surface area contributed by atoms with Crippen LogP contribution in [0.2, 0.25) is 5.15 Å². The number of furan rings is 1. The molecule has 1 aliphatic rings. The maximum absolute atomic E-state index is 6.04. The molecule has 1 saturated carbocycles. The smallest absolute Gasteiger partial charge is 0.192 e. The van der Waals surface area contributed by atoms with Crippen molar-refractivity contribution >= 4 is 23.4 Å². The molecule has 120 valence electrons. The Morgan fingerprint density at radius 3 is 2.91 bits per heavy atom. The number of nitrogens with zero attached hydrogens (tertiary/aromatic N) is 5. The number of rotatable bonds is 6. The van der Waals surface area contributed by atoms with E-state index in [0.29, 0.717) is 23.4 Å². The average molecular weight is 350 g/mol. The Morgan fingerprint density at radius 1 is 1.39 bits per heavy atom. The lowest BCUT2D eigenvalue weighted by Crippen LogP contribution is -2.06. The van der Waals surface area contributed by atoms with E-state index < -0.39 is 0 Å². The van der Waals surface area contributed by atoms with Gasteiger partial charge in [-0.15, -0.1) is 10.2 Å². The molecule has 0 radical (unpaired) electrons. The summed E-state index contributed by atoms with van der Waals surface area (Å²) in [6, 6.07) is 3.88. The molecule has 8 heteroatoms. The summed E-state index contributed by atoms with van der Waals surface area (Å²) in [5, 5.41) is 10.3. The van der Waals surface area contributed by atoms with Crippen molar-refractivity contribution in [3.05, 3.63) is 47.2 Å². The fraction of sp³-hybridized carbons (Fsp3) is 0.400. The van der Waals surface area contributed by atoms with Crippen LogP contribution in [-0.2, 0) is 19.3 Å². The zero-order chi connectivity index (χ0) is 15.8. The number of halogens is 1. The van der Waals surface area contributed by atoms with E-state index in [0.717, 1.165) is 22.6 Å². The molecular formula is C15H16ClN5OS. The molecule has 6 nitrogen and oxygen atoms in total. The van der Waals surface area contributed by atoms with Crippen LogP contribution in [0.4, 0.5) is 0 Å². The van der Waals surface area contributed by atoms with Gasteiger partial charge in [0.1, 0.15) is 22.6 Å². The van der Waals surface area contributed by atoms with Crippen molar-refractivity contribution in [2.24, 2.45) is 7.05 Å². The summed E-state index contributed by atoms with van der Waals surface area (Å²) < 4.78 is 9.52. The number of hydrogen-bond acceptors (Lipinski definition) is 5. The Bertz CT molecular complexity index is 806. The second kappa shape index (κ2) is 6.05. The molecule has 0 bridgehead atoms. The Hall–Kier alpha value is -1.73. The van der Waals surface area contributed by atoms with Crippen molar-refractivity contribution in [1.82, 2.24) is 24.3 Å². The van der Waals surface area contributed by atoms with E-state index in [9.17, 15) is 0 Å². The van der Waals surface area contributed by atoms with Gasteiger partial charge in [-0.3, -0.25) is 4.57 Å². The minimum Gasteiger partial charge on any atom is -0.467 e. The topological polar surface area (TPSA) is 61.7 Å². The molecule has 3 aromatic rings. The Morgan fingerprint density at radius 2 is 2.26 bits per heavy atom. The lowest BCUT2D eigenvalue weighted by molar-refractivity contribution is 0.478. The molecule has 1 fully saturated rings. The van der Waals surface area contributed by atoms with Gasteiger partial charge < -0.3 is 8.98 Å². The third-order valence-corrected chi connectivity index (χ3v) is 5.25. The van der Waals surface area contributed by atoms with Crippen LogP contribution in [0.1, 0.15) is 36.2 Å². The highest BCUT2D eigenvalue weighted by atomic mass is 35.5. The highest BCUT2D eigenvalue weighted by Crippen LogP contribution is 2.40. The highest BCUT2D eigenvalue weighted by molar-refractivity contribution is 7.98. The van der Waals surface area contributed by atoms with Crippen LogP contribution < -0.4 is 0 Å². The van der Waals surface area contributed by atoms with Gasteiger partial charge in [-0.25, -0.2) is 4.98 Å². The summed E-state index contributed by atoms with van der Waals surface area (Å²) in [4.78, 5) is 4.32. The molecule has 0 aliphatic heterocycles. The Kier molecular flexibility index (Phi) is 3.90. The van der Waals surface area contributed by atoms with Gasteiger partial charge in [0, 0.05) is 13.0 Å². The van der Waals surface area contributed by atoms with E-state index in [1.54, 1.807) is 24.2 Å². The van der Waals surface area contributed by atoms with E-state index in [4.69, 9.17) is 16.0 Å². The van der Waals surface area contributed by atoms with Crippen LogP contribution in [0.3, 0.4) is 0 Å². The van der Waals surface area contributed by atoms with Crippen LogP contribution in [0, 0.1) is 0 Å². The number of imidazole rings is 1. The quantitative estimate of drug-likeness (QED) is 0.637. The second-order valence-corrected chi connectivity index (χ2v) is 6.96. The van der Waals surface area contributed by atoms with E-state index in [-0.39, 0.29) is 0 Å². The first-order valence-electron chi connectivity index (χ1n) is 7.46. The molecule has 0 aromatic carbocycles. The first kappa shape index (κ1) is 14.8. The summed E-state index contributed by atoms with van der Waals surface area (Å²) in [7, 11) is 1.91. The minimum absolute atomic E-state index is 0.536. The maximum Gasteiger partial charge on any atom is 0.192 e. The van der Waals surface area contributed by atoms with Crippen LogP contribution in [0.15, 0.2) is 34.2 Å². The predicted molar refractivity (Wildman–Crippen MR) is 87.6 cm³/mol. The zero-order valence-corrected chi connectivity index (χ0v) is 14.2. The molecule has 23 heavy (non-hydrogen) atoms. The van der Waals surface area contributed by atoms with Gasteiger partial charge in [0.05, 0.1) is 24.8 Å². The molecule has 3 aromatic heterocycles. The number of thioether (sulfide) groups is 1. The normalized spacial score (nSPS) is 14.5. The van der Waals surface area contributed by atoms with Gasteiger partial charge in [-0.2, -0.15) is 0 Å². The van der Waals surface area contributed by atoms with E-state index >= 15 is 0 Å². The molecule has 0 amide bonds. The number of hydrogen-bond donors (Lipinski definition) is 0. The van der Waals surface area contributed by atoms with Crippen molar-refractivity contribution in [3.63, 3.8) is 0 Å². The molecular weight excluding hydrogens is 334 g/mol. The van der Waals surface area contributed by atoms with Crippen molar-refractivity contribution in [2.45, 2.75) is 36.2 Å².